The highest BCUT2D eigenvalue weighted by atomic mass is 16.5. The van der Waals surface area contributed by atoms with Gasteiger partial charge >= 0.3 is 5.97 Å². The van der Waals surface area contributed by atoms with E-state index in [0.29, 0.717) is 36.3 Å². The number of hydrogen-bond acceptors (Lipinski definition) is 6. The van der Waals surface area contributed by atoms with Crippen molar-refractivity contribution in [2.45, 2.75) is 13.5 Å². The highest BCUT2D eigenvalue weighted by Crippen LogP contribution is 2.14. The summed E-state index contributed by atoms with van der Waals surface area (Å²) >= 11 is 0. The van der Waals surface area contributed by atoms with E-state index in [1.54, 1.807) is 43.5 Å². The molecule has 0 bridgehead atoms. The minimum atomic E-state index is -0.514. The molecule has 0 atom stereocenters. The maximum atomic E-state index is 11.6. The predicted molar refractivity (Wildman–Crippen MR) is 125 cm³/mol. The Morgan fingerprint density at radius 1 is 0.848 bits per heavy atom. The Morgan fingerprint density at radius 3 is 2.03 bits per heavy atom. The number of methoxy groups -OCH3 is 1. The average molecular weight is 450 g/mol. The third kappa shape index (κ3) is 8.86. The molecule has 0 radical (unpaired) electrons. The second-order valence-electron chi connectivity index (χ2n) is 6.65. The van der Waals surface area contributed by atoms with Crippen molar-refractivity contribution in [3.8, 4) is 11.5 Å². The molecule has 1 amide bonds. The normalized spacial score (nSPS) is 9.64. The van der Waals surface area contributed by atoms with Gasteiger partial charge in [-0.05, 0) is 61.0 Å². The number of aldehydes is 1. The highest BCUT2D eigenvalue weighted by molar-refractivity contribution is 5.94. The fraction of sp³-hybridized carbons (Fsp3) is 0.192. The molecule has 1 N–H and O–H groups in total. The molecule has 33 heavy (non-hydrogen) atoms. The van der Waals surface area contributed by atoms with E-state index in [-0.39, 0.29) is 12.5 Å². The van der Waals surface area contributed by atoms with E-state index in [9.17, 15) is 14.4 Å². The van der Waals surface area contributed by atoms with Gasteiger partial charge in [0, 0.05) is 12.1 Å². The van der Waals surface area contributed by atoms with E-state index < -0.39 is 5.97 Å². The molecule has 0 aliphatic carbocycles. The van der Waals surface area contributed by atoms with Crippen molar-refractivity contribution in [2.24, 2.45) is 0 Å². The number of esters is 1. The summed E-state index contributed by atoms with van der Waals surface area (Å²) in [5, 5.41) is 2.76. The monoisotopic (exact) mass is 449 g/mol. The van der Waals surface area contributed by atoms with Gasteiger partial charge in [0.15, 0.2) is 6.29 Å². The van der Waals surface area contributed by atoms with Crippen LogP contribution in [0.2, 0.25) is 0 Å². The molecule has 3 aromatic rings. The number of ether oxygens (including phenoxy) is 3. The Hall–Kier alpha value is -4.13. The molecule has 3 aromatic carbocycles. The summed E-state index contributed by atoms with van der Waals surface area (Å²) in [6.07, 6.45) is 0.529. The topological polar surface area (TPSA) is 90.9 Å². The molecule has 0 aliphatic rings. The average Bonchev–Trinajstić information content (AvgIpc) is 2.87. The van der Waals surface area contributed by atoms with Gasteiger partial charge in [-0.3, -0.25) is 9.59 Å². The van der Waals surface area contributed by atoms with E-state index in [1.807, 2.05) is 49.4 Å². The molecule has 7 heteroatoms. The molecule has 0 heterocycles. The van der Waals surface area contributed by atoms with E-state index in [2.05, 4.69) is 10.1 Å². The number of carbonyl (C=O) groups is 3. The SMILES string of the molecule is CCNC(=O)c1ccc(OCc2ccccc2)cc1.COc1ccc(C(=O)OCC=O)cc1. The molecular weight excluding hydrogens is 422 g/mol. The number of nitrogens with one attached hydrogen (secondary N) is 1. The Morgan fingerprint density at radius 2 is 1.45 bits per heavy atom. The van der Waals surface area contributed by atoms with Crippen molar-refractivity contribution < 1.29 is 28.6 Å². The van der Waals surface area contributed by atoms with Gasteiger partial charge in [0.25, 0.3) is 5.91 Å². The number of rotatable bonds is 9. The summed E-state index contributed by atoms with van der Waals surface area (Å²) in [5.74, 6) is 0.853. The van der Waals surface area contributed by atoms with Gasteiger partial charge in [0.2, 0.25) is 0 Å². The second kappa shape index (κ2) is 14.0. The standard InChI is InChI=1S/C16H17NO2.C10H10O4/c1-2-17-16(18)14-8-10-15(11-9-14)19-12-13-6-4-3-5-7-13;1-13-9-4-2-8(3-5-9)10(12)14-7-6-11/h3-11H,2,12H2,1H3,(H,17,18);2-6H,7H2,1H3. The fourth-order valence-corrected chi connectivity index (χ4v) is 2.63. The Kier molecular flexibility index (Phi) is 10.7. The zero-order chi connectivity index (χ0) is 23.9. The molecule has 0 saturated carbocycles. The summed E-state index contributed by atoms with van der Waals surface area (Å²) in [4.78, 5) is 32.7. The highest BCUT2D eigenvalue weighted by Gasteiger charge is 2.06. The molecular formula is C26H27NO6. The van der Waals surface area contributed by atoms with Crippen molar-refractivity contribution in [1.82, 2.24) is 5.32 Å². The van der Waals surface area contributed by atoms with Crippen LogP contribution in [-0.4, -0.2) is 38.4 Å². The van der Waals surface area contributed by atoms with Crippen molar-refractivity contribution >= 4 is 18.2 Å². The second-order valence-corrected chi connectivity index (χ2v) is 6.65. The number of carbonyl (C=O) groups excluding carboxylic acids is 3. The first-order valence-electron chi connectivity index (χ1n) is 10.4. The Bertz CT molecular complexity index is 1000. The van der Waals surface area contributed by atoms with Gasteiger partial charge in [-0.15, -0.1) is 0 Å². The van der Waals surface area contributed by atoms with Crippen molar-refractivity contribution in [1.29, 1.82) is 0 Å². The molecule has 0 aromatic heterocycles. The lowest BCUT2D eigenvalue weighted by atomic mass is 10.2. The smallest absolute Gasteiger partial charge is 0.338 e. The van der Waals surface area contributed by atoms with Crippen LogP contribution < -0.4 is 14.8 Å². The van der Waals surface area contributed by atoms with Gasteiger partial charge in [-0.1, -0.05) is 30.3 Å². The van der Waals surface area contributed by atoms with Crippen LogP contribution >= 0.6 is 0 Å². The number of hydrogen-bond donors (Lipinski definition) is 1. The predicted octanol–water partition coefficient (Wildman–Crippen LogP) is 4.07. The van der Waals surface area contributed by atoms with Crippen molar-refractivity contribution in [3.05, 3.63) is 95.6 Å². The lowest BCUT2D eigenvalue weighted by Gasteiger charge is -2.07. The van der Waals surface area contributed by atoms with Gasteiger partial charge in [0.05, 0.1) is 12.7 Å². The maximum Gasteiger partial charge on any atom is 0.338 e. The summed E-state index contributed by atoms with van der Waals surface area (Å²) in [6.45, 7) is 2.84. The molecule has 0 unspecified atom stereocenters. The van der Waals surface area contributed by atoms with Crippen LogP contribution in [-0.2, 0) is 16.1 Å². The summed E-state index contributed by atoms with van der Waals surface area (Å²) in [6, 6.07) is 23.6. The Balaban J connectivity index is 0.000000245. The van der Waals surface area contributed by atoms with Crippen LogP contribution in [0.15, 0.2) is 78.9 Å². The van der Waals surface area contributed by atoms with Gasteiger partial charge in [-0.25, -0.2) is 4.79 Å². The minimum absolute atomic E-state index is 0.0582. The van der Waals surface area contributed by atoms with Crippen LogP contribution in [0.5, 0.6) is 11.5 Å². The zero-order valence-electron chi connectivity index (χ0n) is 18.7. The molecule has 0 aliphatic heterocycles. The van der Waals surface area contributed by atoms with Crippen LogP contribution in [0.4, 0.5) is 0 Å². The van der Waals surface area contributed by atoms with Crippen molar-refractivity contribution in [3.63, 3.8) is 0 Å². The van der Waals surface area contributed by atoms with Gasteiger partial charge < -0.3 is 19.5 Å². The van der Waals surface area contributed by atoms with Gasteiger partial charge in [-0.2, -0.15) is 0 Å². The van der Waals surface area contributed by atoms with E-state index in [0.717, 1.165) is 11.3 Å². The lowest BCUT2D eigenvalue weighted by molar-refractivity contribution is -0.110. The molecule has 7 nitrogen and oxygen atoms in total. The van der Waals surface area contributed by atoms with Crippen molar-refractivity contribution in [2.75, 3.05) is 20.3 Å². The number of amides is 1. The van der Waals surface area contributed by atoms with E-state index in [1.165, 1.54) is 0 Å². The summed E-state index contributed by atoms with van der Waals surface area (Å²) in [7, 11) is 1.54. The summed E-state index contributed by atoms with van der Waals surface area (Å²) in [5.41, 5.74) is 2.16. The first-order chi connectivity index (χ1) is 16.1. The molecule has 172 valence electrons. The molecule has 3 rings (SSSR count). The first-order valence-corrected chi connectivity index (χ1v) is 10.4. The third-order valence-corrected chi connectivity index (χ3v) is 4.31. The summed E-state index contributed by atoms with van der Waals surface area (Å²) < 4.78 is 15.2. The van der Waals surface area contributed by atoms with Crippen LogP contribution in [0.3, 0.4) is 0 Å². The number of benzene rings is 3. The quantitative estimate of drug-likeness (QED) is 0.391. The van der Waals surface area contributed by atoms with E-state index in [4.69, 9.17) is 9.47 Å². The maximum absolute atomic E-state index is 11.6. The lowest BCUT2D eigenvalue weighted by Crippen LogP contribution is -2.22. The van der Waals surface area contributed by atoms with Gasteiger partial charge in [0.1, 0.15) is 24.7 Å². The molecule has 0 spiro atoms. The van der Waals surface area contributed by atoms with Crippen LogP contribution in [0.25, 0.3) is 0 Å². The molecule has 0 fully saturated rings. The zero-order valence-corrected chi connectivity index (χ0v) is 18.7. The largest absolute Gasteiger partial charge is 0.497 e. The Labute approximate surface area is 193 Å². The van der Waals surface area contributed by atoms with Crippen LogP contribution in [0, 0.1) is 0 Å². The minimum Gasteiger partial charge on any atom is -0.497 e. The first kappa shape index (κ1) is 25.1. The fourth-order valence-electron chi connectivity index (χ4n) is 2.63. The molecule has 0 saturated heterocycles. The van der Waals surface area contributed by atoms with E-state index >= 15 is 0 Å². The third-order valence-electron chi connectivity index (χ3n) is 4.31. The van der Waals surface area contributed by atoms with Crippen LogP contribution in [0.1, 0.15) is 33.2 Å².